The van der Waals surface area contributed by atoms with Crippen LogP contribution in [0.5, 0.6) is 0 Å². The smallest absolute Gasteiger partial charge is 0.175 e. The minimum absolute atomic E-state index is 0.614. The average Bonchev–Trinajstić information content (AvgIpc) is 2.65. The van der Waals surface area contributed by atoms with E-state index in [2.05, 4.69) is 73.0 Å². The second-order valence-corrected chi connectivity index (χ2v) is 8.78. The molecule has 2 aromatic carbocycles. The molecular weight excluding hydrogens is 376 g/mol. The second kappa shape index (κ2) is 12.3. The van der Waals surface area contributed by atoms with Crippen molar-refractivity contribution >= 4 is 52.2 Å². The lowest BCUT2D eigenvalue weighted by atomic mass is 10.3. The van der Waals surface area contributed by atoms with Crippen molar-refractivity contribution < 1.29 is 0 Å². The van der Waals surface area contributed by atoms with E-state index in [0.717, 1.165) is 11.4 Å². The third kappa shape index (κ3) is 8.02. The topological polar surface area (TPSA) is 24.1 Å². The first-order chi connectivity index (χ1) is 12.7. The molecule has 140 valence electrons. The number of hydrogen-bond donors (Lipinski definition) is 2. The minimum atomic E-state index is 0.614. The van der Waals surface area contributed by atoms with Crippen LogP contribution in [0.25, 0.3) is 0 Å². The Morgan fingerprint density at radius 2 is 1.12 bits per heavy atom. The van der Waals surface area contributed by atoms with E-state index in [0.29, 0.717) is 5.11 Å². The van der Waals surface area contributed by atoms with Crippen LogP contribution in [0.1, 0.15) is 39.5 Å². The fraction of sp³-hybridized carbons (Fsp3) is 0.381. The molecule has 2 aromatic rings. The van der Waals surface area contributed by atoms with Gasteiger partial charge in [-0.1, -0.05) is 26.7 Å². The molecule has 0 spiro atoms. The van der Waals surface area contributed by atoms with E-state index in [1.54, 1.807) is 0 Å². The molecule has 0 bridgehead atoms. The van der Waals surface area contributed by atoms with Crippen LogP contribution in [0.15, 0.2) is 58.3 Å². The summed E-state index contributed by atoms with van der Waals surface area (Å²) in [6.45, 7) is 4.45. The second-order valence-electron chi connectivity index (χ2n) is 6.03. The van der Waals surface area contributed by atoms with E-state index in [1.807, 2.05) is 23.5 Å². The molecule has 0 atom stereocenters. The van der Waals surface area contributed by atoms with E-state index in [-0.39, 0.29) is 0 Å². The Bertz CT molecular complexity index is 596. The number of thioether (sulfide) groups is 2. The van der Waals surface area contributed by atoms with Gasteiger partial charge in [-0.15, -0.1) is 23.5 Å². The average molecular weight is 405 g/mol. The highest BCUT2D eigenvalue weighted by molar-refractivity contribution is 7.99. The van der Waals surface area contributed by atoms with Crippen molar-refractivity contribution in [2.45, 2.75) is 49.3 Å². The fourth-order valence-electron chi connectivity index (χ4n) is 2.23. The largest absolute Gasteiger partial charge is 0.332 e. The SMILES string of the molecule is CCCCSc1ccc(NC(=S)Nc2ccc(SCCCC)cc2)cc1. The van der Waals surface area contributed by atoms with Crippen LogP contribution in [0.3, 0.4) is 0 Å². The van der Waals surface area contributed by atoms with E-state index in [1.165, 1.54) is 47.0 Å². The lowest BCUT2D eigenvalue weighted by molar-refractivity contribution is 0.896. The van der Waals surface area contributed by atoms with Gasteiger partial charge in [-0.2, -0.15) is 0 Å². The Morgan fingerprint density at radius 3 is 1.46 bits per heavy atom. The minimum Gasteiger partial charge on any atom is -0.332 e. The van der Waals surface area contributed by atoms with Gasteiger partial charge in [0.15, 0.2) is 5.11 Å². The molecule has 2 rings (SSSR count). The maximum absolute atomic E-state index is 5.42. The van der Waals surface area contributed by atoms with E-state index in [9.17, 15) is 0 Å². The van der Waals surface area contributed by atoms with Crippen LogP contribution >= 0.6 is 35.7 Å². The number of nitrogens with one attached hydrogen (secondary N) is 2. The Balaban J connectivity index is 1.78. The van der Waals surface area contributed by atoms with E-state index in [4.69, 9.17) is 12.2 Å². The van der Waals surface area contributed by atoms with Gasteiger partial charge < -0.3 is 10.6 Å². The number of rotatable bonds is 10. The molecule has 0 aliphatic carbocycles. The molecule has 0 aliphatic heterocycles. The Hall–Kier alpha value is -1.17. The van der Waals surface area contributed by atoms with Crippen molar-refractivity contribution in [1.29, 1.82) is 0 Å². The molecule has 0 fully saturated rings. The molecule has 2 nitrogen and oxygen atoms in total. The van der Waals surface area contributed by atoms with Crippen molar-refractivity contribution in [3.05, 3.63) is 48.5 Å². The highest BCUT2D eigenvalue weighted by Gasteiger charge is 2.01. The molecule has 0 unspecified atom stereocenters. The molecule has 0 aromatic heterocycles. The lowest BCUT2D eigenvalue weighted by Crippen LogP contribution is -2.18. The first-order valence-electron chi connectivity index (χ1n) is 9.25. The van der Waals surface area contributed by atoms with Crippen LogP contribution in [0, 0.1) is 0 Å². The third-order valence-electron chi connectivity index (χ3n) is 3.76. The summed E-state index contributed by atoms with van der Waals surface area (Å²) in [4.78, 5) is 2.61. The van der Waals surface area contributed by atoms with E-state index < -0.39 is 0 Å². The van der Waals surface area contributed by atoms with Gasteiger partial charge in [0.05, 0.1) is 0 Å². The summed E-state index contributed by atoms with van der Waals surface area (Å²) >= 11 is 9.23. The molecule has 26 heavy (non-hydrogen) atoms. The predicted octanol–water partition coefficient (Wildman–Crippen LogP) is 7.28. The van der Waals surface area contributed by atoms with Gasteiger partial charge in [-0.3, -0.25) is 0 Å². The van der Waals surface area contributed by atoms with Gasteiger partial charge in [0, 0.05) is 21.2 Å². The monoisotopic (exact) mass is 404 g/mol. The Kier molecular flexibility index (Phi) is 9.96. The van der Waals surface area contributed by atoms with Gasteiger partial charge in [-0.05, 0) is 85.1 Å². The zero-order valence-electron chi connectivity index (χ0n) is 15.6. The first-order valence-corrected chi connectivity index (χ1v) is 11.6. The number of thiocarbonyl (C=S) groups is 1. The molecular formula is C21H28N2S3. The standard InChI is InChI=1S/C21H28N2S3/c1-3-5-15-25-19-11-7-17(8-12-19)22-21(24)23-18-9-13-20(14-10-18)26-16-6-4-2/h7-14H,3-6,15-16H2,1-2H3,(H2,22,23,24). The number of hydrogen-bond acceptors (Lipinski definition) is 3. The summed E-state index contributed by atoms with van der Waals surface area (Å²) in [6, 6.07) is 16.9. The van der Waals surface area contributed by atoms with Crippen LogP contribution in [-0.2, 0) is 0 Å². The summed E-state index contributed by atoms with van der Waals surface area (Å²) in [5.41, 5.74) is 2.02. The number of benzene rings is 2. The first kappa shape index (κ1) is 21.1. The quantitative estimate of drug-likeness (QED) is 0.246. The Labute approximate surface area is 171 Å². The third-order valence-corrected chi connectivity index (χ3v) is 6.16. The normalized spacial score (nSPS) is 10.5. The lowest BCUT2D eigenvalue weighted by Gasteiger charge is -2.11. The van der Waals surface area contributed by atoms with Crippen LogP contribution < -0.4 is 10.6 Å². The van der Waals surface area contributed by atoms with Crippen molar-refractivity contribution in [3.8, 4) is 0 Å². The molecule has 5 heteroatoms. The molecule has 0 saturated carbocycles. The molecule has 0 radical (unpaired) electrons. The predicted molar refractivity (Wildman–Crippen MR) is 124 cm³/mol. The van der Waals surface area contributed by atoms with Gasteiger partial charge >= 0.3 is 0 Å². The van der Waals surface area contributed by atoms with Crippen molar-refractivity contribution in [2.24, 2.45) is 0 Å². The van der Waals surface area contributed by atoms with Gasteiger partial charge in [0.25, 0.3) is 0 Å². The zero-order chi connectivity index (χ0) is 18.6. The number of unbranched alkanes of at least 4 members (excludes halogenated alkanes) is 2. The molecule has 0 amide bonds. The van der Waals surface area contributed by atoms with Crippen LogP contribution in [0.4, 0.5) is 11.4 Å². The maximum Gasteiger partial charge on any atom is 0.175 e. The van der Waals surface area contributed by atoms with Crippen molar-refractivity contribution in [2.75, 3.05) is 22.1 Å². The number of anilines is 2. The highest BCUT2D eigenvalue weighted by atomic mass is 32.2. The van der Waals surface area contributed by atoms with Crippen molar-refractivity contribution in [3.63, 3.8) is 0 Å². The summed E-state index contributed by atoms with van der Waals surface area (Å²) in [6.07, 6.45) is 5.00. The van der Waals surface area contributed by atoms with Crippen molar-refractivity contribution in [1.82, 2.24) is 0 Å². The van der Waals surface area contributed by atoms with E-state index >= 15 is 0 Å². The molecule has 0 heterocycles. The van der Waals surface area contributed by atoms with Gasteiger partial charge in [-0.25, -0.2) is 0 Å². The maximum atomic E-state index is 5.42. The highest BCUT2D eigenvalue weighted by Crippen LogP contribution is 2.23. The summed E-state index contributed by atoms with van der Waals surface area (Å²) < 4.78 is 0. The van der Waals surface area contributed by atoms with Crippen LogP contribution in [-0.4, -0.2) is 16.6 Å². The molecule has 0 saturated heterocycles. The molecule has 0 aliphatic rings. The Morgan fingerprint density at radius 1 is 0.731 bits per heavy atom. The molecule has 2 N–H and O–H groups in total. The zero-order valence-corrected chi connectivity index (χ0v) is 18.0. The summed E-state index contributed by atoms with van der Waals surface area (Å²) in [5, 5.41) is 7.11. The summed E-state index contributed by atoms with van der Waals surface area (Å²) in [7, 11) is 0. The van der Waals surface area contributed by atoms with Gasteiger partial charge in [0.1, 0.15) is 0 Å². The van der Waals surface area contributed by atoms with Crippen LogP contribution in [0.2, 0.25) is 0 Å². The summed E-state index contributed by atoms with van der Waals surface area (Å²) in [5.74, 6) is 2.35. The van der Waals surface area contributed by atoms with Gasteiger partial charge in [0.2, 0.25) is 0 Å². The fourth-order valence-corrected chi connectivity index (χ4v) is 4.46.